The highest BCUT2D eigenvalue weighted by molar-refractivity contribution is 5.91. The molecule has 1 aliphatic carbocycles. The van der Waals surface area contributed by atoms with Crippen LogP contribution in [0.3, 0.4) is 0 Å². The molecule has 1 N–H and O–H groups in total. The lowest BCUT2D eigenvalue weighted by Crippen LogP contribution is -2.42. The molecule has 2 rings (SSSR count). The Morgan fingerprint density at radius 2 is 1.67 bits per heavy atom. The minimum Gasteiger partial charge on any atom is -0.325 e. The molecular formula is C18H34N2O. The van der Waals surface area contributed by atoms with Crippen LogP contribution in [0.4, 0.5) is 0 Å². The van der Waals surface area contributed by atoms with E-state index in [0.717, 1.165) is 19.4 Å². The van der Waals surface area contributed by atoms with Gasteiger partial charge in [0, 0.05) is 6.54 Å². The van der Waals surface area contributed by atoms with E-state index in [2.05, 4.69) is 31.0 Å². The number of nitrogens with one attached hydrogen (secondary N) is 1. The second-order valence-electron chi connectivity index (χ2n) is 7.39. The Kier molecular flexibility index (Phi) is 6.09. The van der Waals surface area contributed by atoms with Gasteiger partial charge in [0.2, 0.25) is 5.91 Å². The van der Waals surface area contributed by atoms with Crippen molar-refractivity contribution < 1.29 is 4.79 Å². The van der Waals surface area contributed by atoms with Crippen LogP contribution in [-0.4, -0.2) is 29.1 Å². The molecular weight excluding hydrogens is 260 g/mol. The van der Waals surface area contributed by atoms with E-state index in [-0.39, 0.29) is 11.7 Å². The zero-order valence-electron chi connectivity index (χ0n) is 14.3. The van der Waals surface area contributed by atoms with Crippen LogP contribution < -0.4 is 5.32 Å². The highest BCUT2D eigenvalue weighted by Gasteiger charge is 2.59. The largest absolute Gasteiger partial charge is 0.325 e. The van der Waals surface area contributed by atoms with Gasteiger partial charge in [0.05, 0.1) is 11.7 Å². The van der Waals surface area contributed by atoms with Crippen LogP contribution in [0.1, 0.15) is 85.0 Å². The summed E-state index contributed by atoms with van der Waals surface area (Å²) in [6.45, 7) is 7.64. The van der Waals surface area contributed by atoms with E-state index < -0.39 is 0 Å². The lowest BCUT2D eigenvalue weighted by Gasteiger charge is -2.27. The Morgan fingerprint density at radius 1 is 1.10 bits per heavy atom. The number of rotatable bonds is 10. The summed E-state index contributed by atoms with van der Waals surface area (Å²) < 4.78 is 0. The molecule has 1 saturated carbocycles. The maximum atomic E-state index is 12.5. The van der Waals surface area contributed by atoms with E-state index >= 15 is 0 Å². The van der Waals surface area contributed by atoms with E-state index in [9.17, 15) is 4.79 Å². The van der Waals surface area contributed by atoms with Gasteiger partial charge in [0.1, 0.15) is 0 Å². The first-order valence-corrected chi connectivity index (χ1v) is 9.19. The van der Waals surface area contributed by atoms with E-state index in [1.54, 1.807) is 0 Å². The highest BCUT2D eigenvalue weighted by Crippen LogP contribution is 2.43. The zero-order valence-corrected chi connectivity index (χ0v) is 14.3. The molecule has 1 aliphatic heterocycles. The SMILES string of the molecule is CCCCCCCCCCN1C(=O)C2(CC2)NC1C(C)C. The topological polar surface area (TPSA) is 32.3 Å². The second kappa shape index (κ2) is 7.62. The third-order valence-electron chi connectivity index (χ3n) is 5.06. The van der Waals surface area contributed by atoms with E-state index in [4.69, 9.17) is 0 Å². The van der Waals surface area contributed by atoms with Crippen molar-refractivity contribution in [3.8, 4) is 0 Å². The van der Waals surface area contributed by atoms with Gasteiger partial charge in [-0.25, -0.2) is 0 Å². The number of unbranched alkanes of at least 4 members (excludes halogenated alkanes) is 7. The molecule has 21 heavy (non-hydrogen) atoms. The summed E-state index contributed by atoms with van der Waals surface area (Å²) in [6.07, 6.45) is 13.0. The van der Waals surface area contributed by atoms with Crippen molar-refractivity contribution in [2.24, 2.45) is 5.92 Å². The quantitative estimate of drug-likeness (QED) is 0.616. The summed E-state index contributed by atoms with van der Waals surface area (Å²) in [5.74, 6) is 0.882. The number of hydrogen-bond donors (Lipinski definition) is 1. The maximum Gasteiger partial charge on any atom is 0.244 e. The highest BCUT2D eigenvalue weighted by atomic mass is 16.2. The van der Waals surface area contributed by atoms with Crippen molar-refractivity contribution in [2.45, 2.75) is 96.7 Å². The maximum absolute atomic E-state index is 12.5. The van der Waals surface area contributed by atoms with Crippen LogP contribution in [0.25, 0.3) is 0 Å². The van der Waals surface area contributed by atoms with Crippen molar-refractivity contribution in [2.75, 3.05) is 6.54 Å². The molecule has 3 nitrogen and oxygen atoms in total. The van der Waals surface area contributed by atoms with Crippen LogP contribution in [-0.2, 0) is 4.79 Å². The molecule has 1 spiro atoms. The molecule has 2 aliphatic rings. The van der Waals surface area contributed by atoms with Gasteiger partial charge in [-0.2, -0.15) is 0 Å². The fraction of sp³-hybridized carbons (Fsp3) is 0.944. The van der Waals surface area contributed by atoms with Crippen LogP contribution in [0.2, 0.25) is 0 Å². The third-order valence-corrected chi connectivity index (χ3v) is 5.06. The number of amides is 1. The van der Waals surface area contributed by atoms with Crippen LogP contribution in [0.5, 0.6) is 0 Å². The Morgan fingerprint density at radius 3 is 2.19 bits per heavy atom. The number of carbonyl (C=O) groups is 1. The summed E-state index contributed by atoms with van der Waals surface area (Å²) in [4.78, 5) is 14.6. The first-order chi connectivity index (χ1) is 10.1. The predicted molar refractivity (Wildman–Crippen MR) is 88.0 cm³/mol. The summed E-state index contributed by atoms with van der Waals surface area (Å²) in [5.41, 5.74) is -0.144. The smallest absolute Gasteiger partial charge is 0.244 e. The van der Waals surface area contributed by atoms with E-state index in [1.807, 2.05) is 0 Å². The normalized spacial score (nSPS) is 23.5. The summed E-state index contributed by atoms with van der Waals surface area (Å²) in [7, 11) is 0. The molecule has 1 unspecified atom stereocenters. The monoisotopic (exact) mass is 294 g/mol. The fourth-order valence-corrected chi connectivity index (χ4v) is 3.49. The molecule has 1 amide bonds. The number of nitrogens with zero attached hydrogens (tertiary/aromatic N) is 1. The average molecular weight is 294 g/mol. The summed E-state index contributed by atoms with van der Waals surface area (Å²) in [6, 6.07) is 0. The fourth-order valence-electron chi connectivity index (χ4n) is 3.49. The Balaban J connectivity index is 1.63. The van der Waals surface area contributed by atoms with Crippen LogP contribution in [0, 0.1) is 5.92 Å². The van der Waals surface area contributed by atoms with Gasteiger partial charge in [-0.15, -0.1) is 0 Å². The third kappa shape index (κ3) is 4.21. The summed E-state index contributed by atoms with van der Waals surface area (Å²) in [5, 5.41) is 3.59. The first kappa shape index (κ1) is 16.8. The molecule has 1 heterocycles. The minimum atomic E-state index is -0.144. The molecule has 0 aromatic rings. The standard InChI is InChI=1S/C18H34N2O/c1-4-5-6-7-8-9-10-11-14-20-16(15(2)3)19-18(12-13-18)17(20)21/h15-16,19H,4-14H2,1-3H3. The van der Waals surface area contributed by atoms with Crippen LogP contribution >= 0.6 is 0 Å². The van der Waals surface area contributed by atoms with E-state index in [1.165, 1.54) is 51.4 Å². The van der Waals surface area contributed by atoms with Gasteiger partial charge in [-0.05, 0) is 25.2 Å². The molecule has 1 atom stereocenters. The predicted octanol–water partition coefficient (Wildman–Crippen LogP) is 4.07. The van der Waals surface area contributed by atoms with Gasteiger partial charge in [-0.1, -0.05) is 65.7 Å². The number of carbonyl (C=O) groups excluding carboxylic acids is 1. The van der Waals surface area contributed by atoms with Crippen molar-refractivity contribution in [3.63, 3.8) is 0 Å². The van der Waals surface area contributed by atoms with Crippen molar-refractivity contribution in [1.82, 2.24) is 10.2 Å². The Labute approximate surface area is 130 Å². The molecule has 0 bridgehead atoms. The molecule has 3 heteroatoms. The molecule has 2 fully saturated rings. The van der Waals surface area contributed by atoms with Crippen molar-refractivity contribution in [1.29, 1.82) is 0 Å². The Hall–Kier alpha value is -0.570. The van der Waals surface area contributed by atoms with Crippen LogP contribution in [0.15, 0.2) is 0 Å². The van der Waals surface area contributed by atoms with Gasteiger partial charge in [0.25, 0.3) is 0 Å². The lowest BCUT2D eigenvalue weighted by molar-refractivity contribution is -0.131. The Bertz CT molecular complexity index is 336. The summed E-state index contributed by atoms with van der Waals surface area (Å²) >= 11 is 0. The van der Waals surface area contributed by atoms with Gasteiger partial charge >= 0.3 is 0 Å². The van der Waals surface area contributed by atoms with Crippen molar-refractivity contribution >= 4 is 5.91 Å². The molecule has 0 radical (unpaired) electrons. The first-order valence-electron chi connectivity index (χ1n) is 9.19. The zero-order chi connectivity index (χ0) is 15.3. The second-order valence-corrected chi connectivity index (χ2v) is 7.39. The molecule has 0 aromatic carbocycles. The lowest BCUT2D eigenvalue weighted by atomic mass is 10.1. The average Bonchev–Trinajstić information content (AvgIpc) is 3.18. The van der Waals surface area contributed by atoms with E-state index in [0.29, 0.717) is 11.8 Å². The van der Waals surface area contributed by atoms with Gasteiger partial charge in [0.15, 0.2) is 0 Å². The van der Waals surface area contributed by atoms with Crippen molar-refractivity contribution in [3.05, 3.63) is 0 Å². The molecule has 122 valence electrons. The number of hydrogen-bond acceptors (Lipinski definition) is 2. The minimum absolute atomic E-state index is 0.144. The van der Waals surface area contributed by atoms with Gasteiger partial charge in [-0.3, -0.25) is 10.1 Å². The van der Waals surface area contributed by atoms with Gasteiger partial charge < -0.3 is 4.90 Å². The molecule has 0 aromatic heterocycles. The molecule has 1 saturated heterocycles.